The fraction of sp³-hybridized carbons (Fsp3) is 0.227. The van der Waals surface area contributed by atoms with E-state index in [1.807, 2.05) is 18.2 Å². The van der Waals surface area contributed by atoms with E-state index in [-0.39, 0.29) is 24.0 Å². The summed E-state index contributed by atoms with van der Waals surface area (Å²) in [6, 6.07) is 17.2. The molecule has 2 heterocycles. The van der Waals surface area contributed by atoms with Gasteiger partial charge in [0.25, 0.3) is 5.91 Å². The monoisotopic (exact) mass is 463 g/mol. The molecule has 1 atom stereocenters. The average Bonchev–Trinajstić information content (AvgIpc) is 3.32. The van der Waals surface area contributed by atoms with Crippen molar-refractivity contribution in [1.82, 2.24) is 4.90 Å². The summed E-state index contributed by atoms with van der Waals surface area (Å²) in [5, 5.41) is 0.921. The van der Waals surface area contributed by atoms with Gasteiger partial charge in [-0.1, -0.05) is 47.5 Å². The highest BCUT2D eigenvalue weighted by atomic mass is 35.5. The molecule has 3 aromatic rings. The summed E-state index contributed by atoms with van der Waals surface area (Å²) in [5.74, 6) is 0.857. The average molecular weight is 464 g/mol. The number of benzene rings is 2. The summed E-state index contributed by atoms with van der Waals surface area (Å²) >= 11 is 12.3. The molecule has 30 heavy (non-hydrogen) atoms. The van der Waals surface area contributed by atoms with Crippen molar-refractivity contribution < 1.29 is 17.6 Å². The molecule has 1 aliphatic rings. The van der Waals surface area contributed by atoms with Crippen molar-refractivity contribution in [1.29, 1.82) is 0 Å². The van der Waals surface area contributed by atoms with Crippen LogP contribution in [0.5, 0.6) is 0 Å². The topological polar surface area (TPSA) is 67.6 Å². The molecule has 156 valence electrons. The smallest absolute Gasteiger partial charge is 0.256 e. The highest BCUT2D eigenvalue weighted by Gasteiger charge is 2.36. The second-order valence-corrected chi connectivity index (χ2v) is 10.3. The minimum Gasteiger partial charge on any atom is -0.459 e. The van der Waals surface area contributed by atoms with Gasteiger partial charge in [-0.25, -0.2) is 8.42 Å². The van der Waals surface area contributed by atoms with Crippen LogP contribution in [-0.2, 0) is 16.4 Å². The summed E-state index contributed by atoms with van der Waals surface area (Å²) in [6.45, 7) is 0.144. The van der Waals surface area contributed by atoms with Gasteiger partial charge in [-0.15, -0.1) is 0 Å². The van der Waals surface area contributed by atoms with E-state index in [0.29, 0.717) is 33.6 Å². The Kier molecular flexibility index (Phi) is 5.91. The molecule has 5 nitrogen and oxygen atoms in total. The van der Waals surface area contributed by atoms with Crippen molar-refractivity contribution in [2.75, 3.05) is 11.5 Å². The normalized spacial score (nSPS) is 17.7. The Hall–Kier alpha value is -2.28. The van der Waals surface area contributed by atoms with Crippen LogP contribution >= 0.6 is 23.2 Å². The first-order valence-corrected chi connectivity index (χ1v) is 12.0. The summed E-state index contributed by atoms with van der Waals surface area (Å²) < 4.78 is 30.0. The predicted octanol–water partition coefficient (Wildman–Crippen LogP) is 5.08. The molecule has 1 aliphatic heterocycles. The molecule has 0 saturated carbocycles. The Morgan fingerprint density at radius 3 is 2.57 bits per heavy atom. The Morgan fingerprint density at radius 2 is 1.87 bits per heavy atom. The maximum absolute atomic E-state index is 13.3. The van der Waals surface area contributed by atoms with E-state index in [9.17, 15) is 13.2 Å². The molecule has 0 radical (unpaired) electrons. The second-order valence-electron chi connectivity index (χ2n) is 7.25. The minimum absolute atomic E-state index is 0.0644. The highest BCUT2D eigenvalue weighted by molar-refractivity contribution is 7.91. The van der Waals surface area contributed by atoms with Gasteiger partial charge in [0, 0.05) is 16.6 Å². The van der Waals surface area contributed by atoms with Crippen LogP contribution in [0.4, 0.5) is 0 Å². The maximum Gasteiger partial charge on any atom is 0.256 e. The quantitative estimate of drug-likeness (QED) is 0.528. The lowest BCUT2D eigenvalue weighted by Gasteiger charge is -2.28. The third kappa shape index (κ3) is 4.56. The van der Waals surface area contributed by atoms with Crippen LogP contribution in [0.15, 0.2) is 65.1 Å². The van der Waals surface area contributed by atoms with Crippen molar-refractivity contribution in [3.8, 4) is 11.3 Å². The molecular formula is C22H19Cl2NO4S. The van der Waals surface area contributed by atoms with E-state index >= 15 is 0 Å². The van der Waals surface area contributed by atoms with Gasteiger partial charge in [0.1, 0.15) is 11.5 Å². The lowest BCUT2D eigenvalue weighted by atomic mass is 10.1. The number of amides is 1. The van der Waals surface area contributed by atoms with Gasteiger partial charge < -0.3 is 9.32 Å². The molecule has 1 fully saturated rings. The van der Waals surface area contributed by atoms with Crippen LogP contribution in [0, 0.1) is 0 Å². The number of nitrogens with zero attached hydrogens (tertiary/aromatic N) is 1. The van der Waals surface area contributed by atoms with Gasteiger partial charge in [0.05, 0.1) is 28.6 Å². The van der Waals surface area contributed by atoms with E-state index < -0.39 is 15.9 Å². The molecule has 0 spiro atoms. The first kappa shape index (κ1) is 21.0. The molecular weight excluding hydrogens is 445 g/mol. The zero-order valence-electron chi connectivity index (χ0n) is 15.9. The zero-order chi connectivity index (χ0) is 21.3. The largest absolute Gasteiger partial charge is 0.459 e. The minimum atomic E-state index is -3.17. The number of halogens is 2. The fourth-order valence-electron chi connectivity index (χ4n) is 3.60. The highest BCUT2D eigenvalue weighted by Crippen LogP contribution is 2.28. The number of sulfone groups is 1. The lowest BCUT2D eigenvalue weighted by Crippen LogP contribution is -2.40. The molecule has 1 saturated heterocycles. The molecule has 1 amide bonds. The standard InChI is InChI=1S/C22H19Cl2NO4S/c23-16-5-3-4-15(12-16)21-9-8-18(29-21)13-25(17-10-11-30(27,28)14-17)22(26)19-6-1-2-7-20(19)24/h1-9,12,17H,10-11,13-14H2/t17-/m0/s1. The lowest BCUT2D eigenvalue weighted by molar-refractivity contribution is 0.0667. The van der Waals surface area contributed by atoms with Gasteiger partial charge in [-0.3, -0.25) is 4.79 Å². The van der Waals surface area contributed by atoms with Crippen molar-refractivity contribution >= 4 is 38.9 Å². The van der Waals surface area contributed by atoms with Gasteiger partial charge >= 0.3 is 0 Å². The van der Waals surface area contributed by atoms with Crippen LogP contribution in [-0.4, -0.2) is 36.8 Å². The van der Waals surface area contributed by atoms with Crippen molar-refractivity contribution in [3.63, 3.8) is 0 Å². The summed E-state index contributed by atoms with van der Waals surface area (Å²) in [5.41, 5.74) is 1.16. The Balaban J connectivity index is 1.64. The molecule has 0 unspecified atom stereocenters. The molecule has 0 aliphatic carbocycles. The zero-order valence-corrected chi connectivity index (χ0v) is 18.3. The number of hydrogen-bond donors (Lipinski definition) is 0. The number of rotatable bonds is 5. The van der Waals surface area contributed by atoms with E-state index in [1.165, 1.54) is 0 Å². The number of hydrogen-bond acceptors (Lipinski definition) is 4. The van der Waals surface area contributed by atoms with Crippen molar-refractivity contribution in [3.05, 3.63) is 82.0 Å². The molecule has 8 heteroatoms. The Labute approximate surface area is 185 Å². The molecule has 0 bridgehead atoms. The maximum atomic E-state index is 13.3. The third-order valence-corrected chi connectivity index (χ3v) is 7.43. The third-order valence-electron chi connectivity index (χ3n) is 5.11. The van der Waals surface area contributed by atoms with Crippen LogP contribution < -0.4 is 0 Å². The Bertz CT molecular complexity index is 1190. The number of carbonyl (C=O) groups excluding carboxylic acids is 1. The summed E-state index contributed by atoms with van der Waals surface area (Å²) in [7, 11) is -3.17. The van der Waals surface area contributed by atoms with Gasteiger partial charge in [-0.05, 0) is 42.8 Å². The summed E-state index contributed by atoms with van der Waals surface area (Å²) in [4.78, 5) is 14.8. The van der Waals surface area contributed by atoms with E-state index in [4.69, 9.17) is 27.6 Å². The van der Waals surface area contributed by atoms with Gasteiger partial charge in [0.2, 0.25) is 0 Å². The van der Waals surface area contributed by atoms with Crippen LogP contribution in [0.1, 0.15) is 22.5 Å². The Morgan fingerprint density at radius 1 is 1.07 bits per heavy atom. The van der Waals surface area contributed by atoms with Crippen LogP contribution in [0.25, 0.3) is 11.3 Å². The number of furan rings is 1. The molecule has 4 rings (SSSR count). The first-order valence-electron chi connectivity index (χ1n) is 9.43. The van der Waals surface area contributed by atoms with Gasteiger partial charge in [0.15, 0.2) is 9.84 Å². The molecule has 0 N–H and O–H groups in total. The first-order chi connectivity index (χ1) is 14.3. The number of carbonyl (C=O) groups is 1. The molecule has 2 aromatic carbocycles. The van der Waals surface area contributed by atoms with Crippen molar-refractivity contribution in [2.24, 2.45) is 0 Å². The molecule has 1 aromatic heterocycles. The van der Waals surface area contributed by atoms with Crippen LogP contribution in [0.3, 0.4) is 0 Å². The van der Waals surface area contributed by atoms with Gasteiger partial charge in [-0.2, -0.15) is 0 Å². The van der Waals surface area contributed by atoms with E-state index in [0.717, 1.165) is 5.56 Å². The van der Waals surface area contributed by atoms with E-state index in [2.05, 4.69) is 0 Å². The fourth-order valence-corrected chi connectivity index (χ4v) is 5.74. The SMILES string of the molecule is O=C(c1ccccc1Cl)N(Cc1ccc(-c2cccc(Cl)c2)o1)[C@H]1CCS(=O)(=O)C1. The predicted molar refractivity (Wildman–Crippen MR) is 118 cm³/mol. The second kappa shape index (κ2) is 8.46. The van der Waals surface area contributed by atoms with Crippen LogP contribution in [0.2, 0.25) is 10.0 Å². The van der Waals surface area contributed by atoms with Crippen molar-refractivity contribution in [2.45, 2.75) is 19.0 Å². The summed E-state index contributed by atoms with van der Waals surface area (Å²) in [6.07, 6.45) is 0.389. The van der Waals surface area contributed by atoms with E-state index in [1.54, 1.807) is 47.4 Å².